The van der Waals surface area contributed by atoms with Crippen LogP contribution in [0, 0.1) is 5.82 Å². The molecule has 0 bridgehead atoms. The van der Waals surface area contributed by atoms with Crippen LogP contribution in [-0.2, 0) is 13.1 Å². The topological polar surface area (TPSA) is 15.3 Å². The van der Waals surface area contributed by atoms with Crippen LogP contribution in [0.15, 0.2) is 42.5 Å². The lowest BCUT2D eigenvalue weighted by molar-refractivity contribution is 0.625. The number of nitrogens with one attached hydrogen (secondary N) is 1. The van der Waals surface area contributed by atoms with Gasteiger partial charge in [-0.3, -0.25) is 0 Å². The molecular formula is C17H20ClFN2. The van der Waals surface area contributed by atoms with Gasteiger partial charge in [0.2, 0.25) is 0 Å². The molecule has 2 rings (SSSR count). The van der Waals surface area contributed by atoms with Gasteiger partial charge < -0.3 is 10.2 Å². The van der Waals surface area contributed by atoms with Crippen LogP contribution < -0.4 is 10.2 Å². The average Bonchev–Trinajstić information content (AvgIpc) is 2.45. The van der Waals surface area contributed by atoms with Crippen molar-refractivity contribution in [2.45, 2.75) is 20.0 Å². The first kappa shape index (κ1) is 15.8. The van der Waals surface area contributed by atoms with Crippen LogP contribution in [0.4, 0.5) is 10.1 Å². The molecule has 0 heterocycles. The van der Waals surface area contributed by atoms with E-state index in [1.165, 1.54) is 6.07 Å². The van der Waals surface area contributed by atoms with Gasteiger partial charge in [0.25, 0.3) is 0 Å². The number of para-hydroxylation sites is 1. The van der Waals surface area contributed by atoms with E-state index in [4.69, 9.17) is 11.6 Å². The van der Waals surface area contributed by atoms with E-state index in [9.17, 15) is 4.39 Å². The molecule has 2 aromatic carbocycles. The summed E-state index contributed by atoms with van der Waals surface area (Å²) < 4.78 is 13.3. The molecule has 2 nitrogen and oxygen atoms in total. The number of hydrogen-bond acceptors (Lipinski definition) is 2. The third kappa shape index (κ3) is 4.19. The standard InChI is InChI=1S/C17H20ClFN2/c1-3-20-11-14-7-5-9-16(18)17(14)21(2)12-13-6-4-8-15(19)10-13/h4-10,20H,3,11-12H2,1-2H3. The Balaban J connectivity index is 2.23. The molecule has 112 valence electrons. The molecule has 0 amide bonds. The second kappa shape index (κ2) is 7.43. The van der Waals surface area contributed by atoms with Crippen molar-refractivity contribution >= 4 is 17.3 Å². The summed E-state index contributed by atoms with van der Waals surface area (Å²) in [5.41, 5.74) is 3.06. The van der Waals surface area contributed by atoms with Crippen molar-refractivity contribution in [1.29, 1.82) is 0 Å². The van der Waals surface area contributed by atoms with Gasteiger partial charge in [0.1, 0.15) is 5.82 Å². The molecule has 0 radical (unpaired) electrons. The molecule has 0 aromatic heterocycles. The average molecular weight is 307 g/mol. The van der Waals surface area contributed by atoms with Crippen molar-refractivity contribution in [1.82, 2.24) is 5.32 Å². The van der Waals surface area contributed by atoms with Gasteiger partial charge in [-0.25, -0.2) is 4.39 Å². The van der Waals surface area contributed by atoms with Crippen LogP contribution in [-0.4, -0.2) is 13.6 Å². The largest absolute Gasteiger partial charge is 0.369 e. The summed E-state index contributed by atoms with van der Waals surface area (Å²) in [5, 5.41) is 4.03. The van der Waals surface area contributed by atoms with E-state index in [0.717, 1.165) is 29.9 Å². The Morgan fingerprint density at radius 3 is 2.67 bits per heavy atom. The summed E-state index contributed by atoms with van der Waals surface area (Å²) in [5.74, 6) is -0.215. The molecule has 1 N–H and O–H groups in total. The Morgan fingerprint density at radius 2 is 1.95 bits per heavy atom. The van der Waals surface area contributed by atoms with Crippen LogP contribution in [0.3, 0.4) is 0 Å². The summed E-state index contributed by atoms with van der Waals surface area (Å²) in [6.07, 6.45) is 0. The zero-order valence-corrected chi connectivity index (χ0v) is 13.1. The zero-order chi connectivity index (χ0) is 15.2. The summed E-state index contributed by atoms with van der Waals surface area (Å²) in [6.45, 7) is 4.35. The zero-order valence-electron chi connectivity index (χ0n) is 12.4. The Morgan fingerprint density at radius 1 is 1.19 bits per heavy atom. The van der Waals surface area contributed by atoms with Gasteiger partial charge in [-0.1, -0.05) is 42.8 Å². The Hall–Kier alpha value is -1.58. The number of halogens is 2. The van der Waals surface area contributed by atoms with Crippen LogP contribution in [0.1, 0.15) is 18.1 Å². The molecule has 0 unspecified atom stereocenters. The van der Waals surface area contributed by atoms with Crippen molar-refractivity contribution in [2.24, 2.45) is 0 Å². The minimum absolute atomic E-state index is 0.215. The SMILES string of the molecule is CCNCc1cccc(Cl)c1N(C)Cc1cccc(F)c1. The van der Waals surface area contributed by atoms with Gasteiger partial charge in [0.05, 0.1) is 10.7 Å². The predicted molar refractivity (Wildman–Crippen MR) is 87.3 cm³/mol. The van der Waals surface area contributed by atoms with Crippen molar-refractivity contribution in [2.75, 3.05) is 18.5 Å². The molecule has 0 aliphatic carbocycles. The molecule has 0 spiro atoms. The van der Waals surface area contributed by atoms with E-state index in [-0.39, 0.29) is 5.82 Å². The van der Waals surface area contributed by atoms with E-state index in [2.05, 4.69) is 23.2 Å². The molecular weight excluding hydrogens is 287 g/mol. The number of nitrogens with zero attached hydrogens (tertiary/aromatic N) is 1. The first-order chi connectivity index (χ1) is 10.1. The van der Waals surface area contributed by atoms with Crippen LogP contribution >= 0.6 is 11.6 Å². The van der Waals surface area contributed by atoms with Gasteiger partial charge in [-0.05, 0) is 35.9 Å². The van der Waals surface area contributed by atoms with Crippen molar-refractivity contribution in [3.05, 3.63) is 64.4 Å². The van der Waals surface area contributed by atoms with E-state index in [1.807, 2.05) is 25.2 Å². The minimum Gasteiger partial charge on any atom is -0.369 e. The van der Waals surface area contributed by atoms with E-state index >= 15 is 0 Å². The lowest BCUT2D eigenvalue weighted by atomic mass is 10.1. The number of benzene rings is 2. The van der Waals surface area contributed by atoms with Crippen molar-refractivity contribution in [3.63, 3.8) is 0 Å². The lowest BCUT2D eigenvalue weighted by Gasteiger charge is -2.24. The van der Waals surface area contributed by atoms with Gasteiger partial charge in [0.15, 0.2) is 0 Å². The normalized spacial score (nSPS) is 10.7. The van der Waals surface area contributed by atoms with Crippen LogP contribution in [0.5, 0.6) is 0 Å². The van der Waals surface area contributed by atoms with Gasteiger partial charge >= 0.3 is 0 Å². The van der Waals surface area contributed by atoms with Crippen molar-refractivity contribution in [3.8, 4) is 0 Å². The molecule has 0 saturated carbocycles. The first-order valence-electron chi connectivity index (χ1n) is 7.05. The van der Waals surface area contributed by atoms with Gasteiger partial charge in [-0.2, -0.15) is 0 Å². The highest BCUT2D eigenvalue weighted by atomic mass is 35.5. The molecule has 21 heavy (non-hydrogen) atoms. The van der Waals surface area contributed by atoms with E-state index in [0.29, 0.717) is 11.6 Å². The highest BCUT2D eigenvalue weighted by molar-refractivity contribution is 6.33. The Labute approximate surface area is 130 Å². The number of hydrogen-bond donors (Lipinski definition) is 1. The fourth-order valence-corrected chi connectivity index (χ4v) is 2.72. The Bertz CT molecular complexity index is 601. The van der Waals surface area contributed by atoms with Crippen molar-refractivity contribution < 1.29 is 4.39 Å². The first-order valence-corrected chi connectivity index (χ1v) is 7.43. The highest BCUT2D eigenvalue weighted by Crippen LogP contribution is 2.30. The van der Waals surface area contributed by atoms with Crippen LogP contribution in [0.2, 0.25) is 5.02 Å². The quantitative estimate of drug-likeness (QED) is 0.859. The Kier molecular flexibility index (Phi) is 5.59. The van der Waals surface area contributed by atoms with E-state index in [1.54, 1.807) is 12.1 Å². The monoisotopic (exact) mass is 306 g/mol. The molecule has 0 aliphatic rings. The highest BCUT2D eigenvalue weighted by Gasteiger charge is 2.12. The predicted octanol–water partition coefficient (Wildman–Crippen LogP) is 4.23. The molecule has 0 atom stereocenters. The smallest absolute Gasteiger partial charge is 0.123 e. The van der Waals surface area contributed by atoms with E-state index < -0.39 is 0 Å². The summed E-state index contributed by atoms with van der Waals surface area (Å²) in [7, 11) is 1.97. The maximum absolute atomic E-state index is 13.3. The molecule has 0 saturated heterocycles. The molecule has 0 fully saturated rings. The second-order valence-corrected chi connectivity index (χ2v) is 5.42. The third-order valence-corrected chi connectivity index (χ3v) is 3.63. The fourth-order valence-electron chi connectivity index (χ4n) is 2.38. The molecule has 4 heteroatoms. The summed E-state index contributed by atoms with van der Waals surface area (Å²) in [4.78, 5) is 2.06. The summed E-state index contributed by atoms with van der Waals surface area (Å²) >= 11 is 6.36. The maximum atomic E-state index is 13.3. The van der Waals surface area contributed by atoms with Gasteiger partial charge in [0, 0.05) is 20.1 Å². The minimum atomic E-state index is -0.215. The summed E-state index contributed by atoms with van der Waals surface area (Å²) in [6, 6.07) is 12.5. The number of rotatable bonds is 6. The fraction of sp³-hybridized carbons (Fsp3) is 0.294. The maximum Gasteiger partial charge on any atom is 0.123 e. The number of anilines is 1. The molecule has 0 aliphatic heterocycles. The third-order valence-electron chi connectivity index (χ3n) is 3.33. The second-order valence-electron chi connectivity index (χ2n) is 5.01. The van der Waals surface area contributed by atoms with Crippen LogP contribution in [0.25, 0.3) is 0 Å². The lowest BCUT2D eigenvalue weighted by Crippen LogP contribution is -2.21. The van der Waals surface area contributed by atoms with Gasteiger partial charge in [-0.15, -0.1) is 0 Å². The molecule has 2 aromatic rings.